The monoisotopic (exact) mass is 420 g/mol. The fourth-order valence-corrected chi connectivity index (χ4v) is 2.55. The SMILES string of the molecule is O=C(Nc1ccc(I)cc1)c1ccc(CNC(=O)C2CC2)cc1. The first kappa shape index (κ1) is 16.0. The lowest BCUT2D eigenvalue weighted by atomic mass is 10.1. The molecule has 118 valence electrons. The highest BCUT2D eigenvalue weighted by Crippen LogP contribution is 2.28. The average molecular weight is 420 g/mol. The lowest BCUT2D eigenvalue weighted by Gasteiger charge is -2.07. The third-order valence-corrected chi connectivity index (χ3v) is 4.45. The van der Waals surface area contributed by atoms with Gasteiger partial charge >= 0.3 is 0 Å². The van der Waals surface area contributed by atoms with Gasteiger partial charge in [0.15, 0.2) is 0 Å². The van der Waals surface area contributed by atoms with Crippen molar-refractivity contribution in [3.8, 4) is 0 Å². The maximum atomic E-state index is 12.2. The minimum Gasteiger partial charge on any atom is -0.352 e. The van der Waals surface area contributed by atoms with Crippen molar-refractivity contribution in [1.29, 1.82) is 0 Å². The fraction of sp³-hybridized carbons (Fsp3) is 0.222. The van der Waals surface area contributed by atoms with E-state index in [1.807, 2.05) is 36.4 Å². The van der Waals surface area contributed by atoms with Crippen LogP contribution in [-0.4, -0.2) is 11.8 Å². The smallest absolute Gasteiger partial charge is 0.255 e. The molecule has 0 aliphatic heterocycles. The van der Waals surface area contributed by atoms with Gasteiger partial charge in [0.2, 0.25) is 5.91 Å². The van der Waals surface area contributed by atoms with Crippen molar-refractivity contribution in [2.75, 3.05) is 5.32 Å². The first-order valence-corrected chi connectivity index (χ1v) is 8.63. The summed E-state index contributed by atoms with van der Waals surface area (Å²) in [6.07, 6.45) is 2.01. The van der Waals surface area contributed by atoms with E-state index in [0.717, 1.165) is 27.7 Å². The van der Waals surface area contributed by atoms with Crippen LogP contribution in [0.15, 0.2) is 48.5 Å². The Labute approximate surface area is 148 Å². The number of anilines is 1. The summed E-state index contributed by atoms with van der Waals surface area (Å²) in [7, 11) is 0. The van der Waals surface area contributed by atoms with Gasteiger partial charge in [-0.05, 0) is 77.4 Å². The molecule has 1 saturated carbocycles. The second-order valence-corrected chi connectivity index (χ2v) is 6.90. The van der Waals surface area contributed by atoms with Crippen LogP contribution in [0.25, 0.3) is 0 Å². The van der Waals surface area contributed by atoms with E-state index >= 15 is 0 Å². The summed E-state index contributed by atoms with van der Waals surface area (Å²) >= 11 is 2.22. The lowest BCUT2D eigenvalue weighted by molar-refractivity contribution is -0.122. The topological polar surface area (TPSA) is 58.2 Å². The van der Waals surface area contributed by atoms with Crippen LogP contribution in [0, 0.1) is 9.49 Å². The molecule has 1 fully saturated rings. The Kier molecular flexibility index (Phi) is 4.95. The van der Waals surface area contributed by atoms with Crippen LogP contribution in [0.5, 0.6) is 0 Å². The number of nitrogens with one attached hydrogen (secondary N) is 2. The number of rotatable bonds is 5. The number of carbonyl (C=O) groups excluding carboxylic acids is 2. The minimum absolute atomic E-state index is 0.130. The van der Waals surface area contributed by atoms with E-state index in [0.29, 0.717) is 12.1 Å². The van der Waals surface area contributed by atoms with E-state index in [2.05, 4.69) is 33.2 Å². The van der Waals surface area contributed by atoms with Crippen molar-refractivity contribution in [2.45, 2.75) is 19.4 Å². The Morgan fingerprint density at radius 1 is 1.00 bits per heavy atom. The van der Waals surface area contributed by atoms with Gasteiger partial charge in [-0.3, -0.25) is 9.59 Å². The summed E-state index contributed by atoms with van der Waals surface area (Å²) in [6.45, 7) is 0.508. The van der Waals surface area contributed by atoms with Crippen LogP contribution in [0.2, 0.25) is 0 Å². The Hall–Kier alpha value is -1.89. The Morgan fingerprint density at radius 2 is 1.65 bits per heavy atom. The van der Waals surface area contributed by atoms with Gasteiger partial charge in [-0.15, -0.1) is 0 Å². The van der Waals surface area contributed by atoms with E-state index in [1.165, 1.54) is 0 Å². The third kappa shape index (κ3) is 4.54. The quantitative estimate of drug-likeness (QED) is 0.727. The number of hydrogen-bond donors (Lipinski definition) is 2. The molecular formula is C18H17IN2O2. The van der Waals surface area contributed by atoms with Crippen LogP contribution in [0.3, 0.4) is 0 Å². The van der Waals surface area contributed by atoms with Crippen molar-refractivity contribution in [2.24, 2.45) is 5.92 Å². The standard InChI is InChI=1S/C18H17IN2O2/c19-15-7-9-16(10-8-15)21-18(23)14-3-1-12(2-4-14)11-20-17(22)13-5-6-13/h1-4,7-10,13H,5-6,11H2,(H,20,22)(H,21,23). The van der Waals surface area contributed by atoms with Crippen molar-refractivity contribution in [3.05, 3.63) is 63.2 Å². The van der Waals surface area contributed by atoms with E-state index in [1.54, 1.807) is 12.1 Å². The molecular weight excluding hydrogens is 403 g/mol. The van der Waals surface area contributed by atoms with Crippen molar-refractivity contribution < 1.29 is 9.59 Å². The number of benzene rings is 2. The van der Waals surface area contributed by atoms with Crippen molar-refractivity contribution in [1.82, 2.24) is 5.32 Å². The zero-order valence-electron chi connectivity index (χ0n) is 12.5. The molecule has 5 heteroatoms. The molecule has 0 spiro atoms. The summed E-state index contributed by atoms with van der Waals surface area (Å²) in [5.41, 5.74) is 2.36. The van der Waals surface area contributed by atoms with Gasteiger partial charge in [-0.2, -0.15) is 0 Å². The number of halogens is 1. The maximum absolute atomic E-state index is 12.2. The average Bonchev–Trinajstić information content (AvgIpc) is 3.40. The van der Waals surface area contributed by atoms with Gasteiger partial charge in [-0.25, -0.2) is 0 Å². The highest BCUT2D eigenvalue weighted by molar-refractivity contribution is 14.1. The molecule has 2 N–H and O–H groups in total. The number of hydrogen-bond acceptors (Lipinski definition) is 2. The van der Waals surface area contributed by atoms with Crippen LogP contribution in [0.1, 0.15) is 28.8 Å². The van der Waals surface area contributed by atoms with Crippen LogP contribution < -0.4 is 10.6 Å². The fourth-order valence-electron chi connectivity index (χ4n) is 2.19. The molecule has 0 heterocycles. The van der Waals surface area contributed by atoms with E-state index in [9.17, 15) is 9.59 Å². The van der Waals surface area contributed by atoms with Crippen molar-refractivity contribution >= 4 is 40.1 Å². The Bertz CT molecular complexity index is 707. The zero-order chi connectivity index (χ0) is 16.2. The molecule has 2 aromatic carbocycles. The first-order chi connectivity index (χ1) is 11.1. The molecule has 4 nitrogen and oxygen atoms in total. The molecule has 23 heavy (non-hydrogen) atoms. The molecule has 3 rings (SSSR count). The van der Waals surface area contributed by atoms with Gasteiger partial charge in [0.05, 0.1) is 0 Å². The summed E-state index contributed by atoms with van der Waals surface area (Å²) in [4.78, 5) is 23.8. The molecule has 0 saturated heterocycles. The number of carbonyl (C=O) groups is 2. The maximum Gasteiger partial charge on any atom is 0.255 e. The molecule has 0 radical (unpaired) electrons. The predicted molar refractivity (Wildman–Crippen MR) is 98.1 cm³/mol. The van der Waals surface area contributed by atoms with Crippen LogP contribution >= 0.6 is 22.6 Å². The Balaban J connectivity index is 1.56. The molecule has 0 aromatic heterocycles. The van der Waals surface area contributed by atoms with Gasteiger partial charge in [0.1, 0.15) is 0 Å². The molecule has 1 aliphatic carbocycles. The molecule has 0 unspecified atom stereocenters. The zero-order valence-corrected chi connectivity index (χ0v) is 14.7. The number of amides is 2. The van der Waals surface area contributed by atoms with Gasteiger partial charge in [-0.1, -0.05) is 12.1 Å². The highest BCUT2D eigenvalue weighted by Gasteiger charge is 2.29. The highest BCUT2D eigenvalue weighted by atomic mass is 127. The van der Waals surface area contributed by atoms with Crippen molar-refractivity contribution in [3.63, 3.8) is 0 Å². The molecule has 2 aromatic rings. The molecule has 1 aliphatic rings. The predicted octanol–water partition coefficient (Wildman–Crippen LogP) is 3.57. The minimum atomic E-state index is -0.139. The van der Waals surface area contributed by atoms with Crippen LogP contribution in [-0.2, 0) is 11.3 Å². The second kappa shape index (κ2) is 7.12. The van der Waals surface area contributed by atoms with E-state index < -0.39 is 0 Å². The summed E-state index contributed by atoms with van der Waals surface area (Å²) in [5.74, 6) is 0.208. The van der Waals surface area contributed by atoms with Gasteiger partial charge in [0, 0.05) is 27.3 Å². The lowest BCUT2D eigenvalue weighted by Crippen LogP contribution is -2.24. The first-order valence-electron chi connectivity index (χ1n) is 7.55. The largest absolute Gasteiger partial charge is 0.352 e. The van der Waals surface area contributed by atoms with E-state index in [-0.39, 0.29) is 17.7 Å². The molecule has 0 atom stereocenters. The summed E-state index contributed by atoms with van der Waals surface area (Å²) in [5, 5.41) is 5.78. The van der Waals surface area contributed by atoms with Crippen LogP contribution in [0.4, 0.5) is 5.69 Å². The molecule has 0 bridgehead atoms. The van der Waals surface area contributed by atoms with Gasteiger partial charge < -0.3 is 10.6 Å². The van der Waals surface area contributed by atoms with E-state index in [4.69, 9.17) is 0 Å². The molecule has 2 amide bonds. The Morgan fingerprint density at radius 3 is 2.26 bits per heavy atom. The summed E-state index contributed by atoms with van der Waals surface area (Å²) in [6, 6.07) is 14.9. The second-order valence-electron chi connectivity index (χ2n) is 5.65. The summed E-state index contributed by atoms with van der Waals surface area (Å²) < 4.78 is 1.12. The third-order valence-electron chi connectivity index (χ3n) is 3.73. The normalized spacial score (nSPS) is 13.4. The van der Waals surface area contributed by atoms with Gasteiger partial charge in [0.25, 0.3) is 5.91 Å².